The molecule has 0 N–H and O–H groups in total. The van der Waals surface area contributed by atoms with E-state index in [0.717, 1.165) is 5.56 Å². The molecule has 0 unspecified atom stereocenters. The van der Waals surface area contributed by atoms with Crippen molar-refractivity contribution in [3.8, 4) is 0 Å². The van der Waals surface area contributed by atoms with Crippen LogP contribution in [0.1, 0.15) is 48.0 Å². The van der Waals surface area contributed by atoms with Crippen molar-refractivity contribution < 1.29 is 4.79 Å². The Morgan fingerprint density at radius 1 is 1.00 bits per heavy atom. The molecule has 1 aromatic carbocycles. The maximum absolute atomic E-state index is 12.3. The summed E-state index contributed by atoms with van der Waals surface area (Å²) in [6.07, 6.45) is 1.72. The number of hydrogen-bond donors (Lipinski definition) is 0. The lowest BCUT2D eigenvalue weighted by Crippen LogP contribution is -2.11. The van der Waals surface area contributed by atoms with Gasteiger partial charge in [-0.05, 0) is 29.5 Å². The molecule has 0 saturated carbocycles. The summed E-state index contributed by atoms with van der Waals surface area (Å²) in [5.41, 5.74) is 3.56. The largest absolute Gasteiger partial charge is 0.287 e. The Labute approximate surface area is 114 Å². The quantitative estimate of drug-likeness (QED) is 0.759. The molecular weight excluding hydrogens is 234 g/mol. The summed E-state index contributed by atoms with van der Waals surface area (Å²) in [4.78, 5) is 16.4. The third kappa shape index (κ3) is 3.08. The SMILES string of the molecule is Cc1ccc(C(=O)c2ccc(C(C)(C)C)cc2)nc1. The molecule has 2 aromatic rings. The summed E-state index contributed by atoms with van der Waals surface area (Å²) in [6, 6.07) is 11.5. The topological polar surface area (TPSA) is 30.0 Å². The van der Waals surface area contributed by atoms with Gasteiger partial charge < -0.3 is 0 Å². The predicted molar refractivity (Wildman–Crippen MR) is 77.5 cm³/mol. The fraction of sp³-hybridized carbons (Fsp3) is 0.294. The number of carbonyl (C=O) groups is 1. The van der Waals surface area contributed by atoms with E-state index in [1.165, 1.54) is 5.56 Å². The van der Waals surface area contributed by atoms with Gasteiger partial charge in [0.05, 0.1) is 0 Å². The van der Waals surface area contributed by atoms with Crippen LogP contribution in [0.25, 0.3) is 0 Å². The highest BCUT2D eigenvalue weighted by Gasteiger charge is 2.15. The molecule has 0 amide bonds. The lowest BCUT2D eigenvalue weighted by molar-refractivity contribution is 0.103. The molecule has 1 heterocycles. The molecule has 0 spiro atoms. The minimum Gasteiger partial charge on any atom is -0.287 e. The zero-order valence-electron chi connectivity index (χ0n) is 11.9. The lowest BCUT2D eigenvalue weighted by atomic mass is 9.86. The van der Waals surface area contributed by atoms with E-state index in [1.807, 2.05) is 37.3 Å². The van der Waals surface area contributed by atoms with Crippen molar-refractivity contribution >= 4 is 5.78 Å². The highest BCUT2D eigenvalue weighted by molar-refractivity contribution is 6.07. The number of carbonyl (C=O) groups excluding carboxylic acids is 1. The Hall–Kier alpha value is -1.96. The van der Waals surface area contributed by atoms with Gasteiger partial charge in [0.15, 0.2) is 0 Å². The molecule has 0 aliphatic rings. The van der Waals surface area contributed by atoms with E-state index in [1.54, 1.807) is 12.3 Å². The Morgan fingerprint density at radius 3 is 2.11 bits per heavy atom. The summed E-state index contributed by atoms with van der Waals surface area (Å²) in [7, 11) is 0. The zero-order chi connectivity index (χ0) is 14.0. The van der Waals surface area contributed by atoms with Crippen LogP contribution in [-0.4, -0.2) is 10.8 Å². The highest BCUT2D eigenvalue weighted by Crippen LogP contribution is 2.22. The van der Waals surface area contributed by atoms with Gasteiger partial charge in [0.25, 0.3) is 0 Å². The standard InChI is InChI=1S/C17H19NO/c1-12-5-10-15(18-11-12)16(19)13-6-8-14(9-7-13)17(2,3)4/h5-11H,1-4H3. The Balaban J connectivity index is 2.27. The van der Waals surface area contributed by atoms with Crippen LogP contribution in [0.2, 0.25) is 0 Å². The fourth-order valence-electron chi connectivity index (χ4n) is 1.87. The van der Waals surface area contributed by atoms with Crippen molar-refractivity contribution in [2.24, 2.45) is 0 Å². The van der Waals surface area contributed by atoms with E-state index >= 15 is 0 Å². The van der Waals surface area contributed by atoms with E-state index in [0.29, 0.717) is 11.3 Å². The average molecular weight is 253 g/mol. The van der Waals surface area contributed by atoms with E-state index in [9.17, 15) is 4.79 Å². The van der Waals surface area contributed by atoms with Gasteiger partial charge in [0.2, 0.25) is 5.78 Å². The molecule has 2 nitrogen and oxygen atoms in total. The lowest BCUT2D eigenvalue weighted by Gasteiger charge is -2.18. The molecule has 2 heteroatoms. The predicted octanol–water partition coefficient (Wildman–Crippen LogP) is 3.92. The van der Waals surface area contributed by atoms with Gasteiger partial charge >= 0.3 is 0 Å². The summed E-state index contributed by atoms with van der Waals surface area (Å²) in [5, 5.41) is 0. The first-order valence-electron chi connectivity index (χ1n) is 6.46. The Kier molecular flexibility index (Phi) is 3.52. The van der Waals surface area contributed by atoms with Crippen LogP contribution in [-0.2, 0) is 5.41 Å². The first-order valence-corrected chi connectivity index (χ1v) is 6.46. The van der Waals surface area contributed by atoms with Gasteiger partial charge in [0, 0.05) is 11.8 Å². The number of rotatable bonds is 2. The van der Waals surface area contributed by atoms with Gasteiger partial charge in [-0.15, -0.1) is 0 Å². The first-order chi connectivity index (χ1) is 8.88. The highest BCUT2D eigenvalue weighted by atomic mass is 16.1. The third-order valence-electron chi connectivity index (χ3n) is 3.16. The molecule has 1 aromatic heterocycles. The van der Waals surface area contributed by atoms with Crippen molar-refractivity contribution in [3.05, 3.63) is 65.0 Å². The van der Waals surface area contributed by atoms with Gasteiger partial charge in [-0.25, -0.2) is 0 Å². The molecule has 0 fully saturated rings. The van der Waals surface area contributed by atoms with Gasteiger partial charge in [-0.1, -0.05) is 51.1 Å². The first kappa shape index (κ1) is 13.5. The molecule has 19 heavy (non-hydrogen) atoms. The van der Waals surface area contributed by atoms with E-state index in [4.69, 9.17) is 0 Å². The van der Waals surface area contributed by atoms with Crippen molar-refractivity contribution in [2.45, 2.75) is 33.1 Å². The average Bonchev–Trinajstić information content (AvgIpc) is 2.38. The second-order valence-corrected chi connectivity index (χ2v) is 5.88. The molecular formula is C17H19NO. The molecule has 0 aliphatic heterocycles. The normalized spacial score (nSPS) is 11.4. The second kappa shape index (κ2) is 4.96. The third-order valence-corrected chi connectivity index (χ3v) is 3.16. The van der Waals surface area contributed by atoms with Crippen LogP contribution in [0.3, 0.4) is 0 Å². The summed E-state index contributed by atoms with van der Waals surface area (Å²) in [6.45, 7) is 8.43. The minimum atomic E-state index is -0.0274. The monoisotopic (exact) mass is 253 g/mol. The Bertz CT molecular complexity index is 574. The van der Waals surface area contributed by atoms with Crippen LogP contribution in [0.4, 0.5) is 0 Å². The zero-order valence-corrected chi connectivity index (χ0v) is 11.9. The molecule has 0 bridgehead atoms. The number of benzene rings is 1. The van der Waals surface area contributed by atoms with Crippen LogP contribution in [0.15, 0.2) is 42.6 Å². The number of pyridine rings is 1. The van der Waals surface area contributed by atoms with Crippen molar-refractivity contribution in [2.75, 3.05) is 0 Å². The van der Waals surface area contributed by atoms with Crippen LogP contribution in [0.5, 0.6) is 0 Å². The van der Waals surface area contributed by atoms with Crippen molar-refractivity contribution in [1.29, 1.82) is 0 Å². The molecule has 0 atom stereocenters. The van der Waals surface area contributed by atoms with Crippen LogP contribution >= 0.6 is 0 Å². The van der Waals surface area contributed by atoms with E-state index in [-0.39, 0.29) is 11.2 Å². The smallest absolute Gasteiger partial charge is 0.211 e. The summed E-state index contributed by atoms with van der Waals surface area (Å²) in [5.74, 6) is -0.0274. The Morgan fingerprint density at radius 2 is 1.63 bits per heavy atom. The molecule has 98 valence electrons. The number of aryl methyl sites for hydroxylation is 1. The summed E-state index contributed by atoms with van der Waals surface area (Å²) < 4.78 is 0. The van der Waals surface area contributed by atoms with Crippen molar-refractivity contribution in [3.63, 3.8) is 0 Å². The van der Waals surface area contributed by atoms with Gasteiger partial charge in [0.1, 0.15) is 5.69 Å². The van der Waals surface area contributed by atoms with Crippen LogP contribution < -0.4 is 0 Å². The number of nitrogens with zero attached hydrogens (tertiary/aromatic N) is 1. The van der Waals surface area contributed by atoms with Gasteiger partial charge in [-0.3, -0.25) is 9.78 Å². The molecule has 0 saturated heterocycles. The number of ketones is 1. The van der Waals surface area contributed by atoms with Crippen molar-refractivity contribution in [1.82, 2.24) is 4.98 Å². The fourth-order valence-corrected chi connectivity index (χ4v) is 1.87. The minimum absolute atomic E-state index is 0.0274. The van der Waals surface area contributed by atoms with Crippen LogP contribution in [0, 0.1) is 6.92 Å². The molecule has 0 aliphatic carbocycles. The number of hydrogen-bond acceptors (Lipinski definition) is 2. The van der Waals surface area contributed by atoms with E-state index in [2.05, 4.69) is 25.8 Å². The second-order valence-electron chi connectivity index (χ2n) is 5.88. The maximum Gasteiger partial charge on any atom is 0.211 e. The maximum atomic E-state index is 12.3. The molecule has 0 radical (unpaired) electrons. The van der Waals surface area contributed by atoms with Gasteiger partial charge in [-0.2, -0.15) is 0 Å². The summed E-state index contributed by atoms with van der Waals surface area (Å²) >= 11 is 0. The number of aromatic nitrogens is 1. The van der Waals surface area contributed by atoms with E-state index < -0.39 is 0 Å². The molecule has 2 rings (SSSR count).